The third kappa shape index (κ3) is 5.65. The van der Waals surface area contributed by atoms with E-state index in [0.717, 1.165) is 5.56 Å². The van der Waals surface area contributed by atoms with E-state index in [-0.39, 0.29) is 42.8 Å². The van der Waals surface area contributed by atoms with E-state index in [1.807, 2.05) is 6.92 Å². The number of carbonyl (C=O) groups excluding carboxylic acids is 1. The first-order valence-corrected chi connectivity index (χ1v) is 9.50. The SMILES string of the molecule is Cc1ccc(S(=O)(=O)NCCNC(=O)C2(CN)CCOCC2)cc1.Cl. The second-order valence-electron chi connectivity index (χ2n) is 6.06. The Hall–Kier alpha value is -1.19. The highest BCUT2D eigenvalue weighted by atomic mass is 35.5. The number of hydrogen-bond donors (Lipinski definition) is 3. The first-order chi connectivity index (χ1) is 11.4. The van der Waals surface area contributed by atoms with E-state index in [1.54, 1.807) is 24.3 Å². The van der Waals surface area contributed by atoms with Crippen molar-refractivity contribution in [1.82, 2.24) is 10.0 Å². The lowest BCUT2D eigenvalue weighted by atomic mass is 9.79. The highest BCUT2D eigenvalue weighted by Gasteiger charge is 2.38. The van der Waals surface area contributed by atoms with E-state index < -0.39 is 15.4 Å². The molecule has 0 aliphatic carbocycles. The molecule has 1 heterocycles. The molecule has 1 saturated heterocycles. The summed E-state index contributed by atoms with van der Waals surface area (Å²) in [5, 5.41) is 2.78. The van der Waals surface area contributed by atoms with Crippen molar-refractivity contribution in [3.05, 3.63) is 29.8 Å². The maximum absolute atomic E-state index is 12.4. The number of carbonyl (C=O) groups is 1. The number of nitrogens with one attached hydrogen (secondary N) is 2. The number of amides is 1. The molecule has 7 nitrogen and oxygen atoms in total. The summed E-state index contributed by atoms with van der Waals surface area (Å²) >= 11 is 0. The van der Waals surface area contributed by atoms with Crippen LogP contribution in [0.1, 0.15) is 18.4 Å². The number of aryl methyl sites for hydroxylation is 1. The van der Waals surface area contributed by atoms with Crippen molar-refractivity contribution in [1.29, 1.82) is 0 Å². The van der Waals surface area contributed by atoms with Gasteiger partial charge in [-0.25, -0.2) is 13.1 Å². The zero-order valence-corrected chi connectivity index (χ0v) is 15.9. The number of benzene rings is 1. The predicted octanol–water partition coefficient (Wildman–Crippen LogP) is 0.567. The first kappa shape index (κ1) is 21.9. The molecule has 0 spiro atoms. The van der Waals surface area contributed by atoms with Crippen LogP contribution in [0.5, 0.6) is 0 Å². The van der Waals surface area contributed by atoms with Gasteiger partial charge in [-0.05, 0) is 31.9 Å². The van der Waals surface area contributed by atoms with Crippen LogP contribution in [-0.2, 0) is 19.6 Å². The standard InChI is InChI=1S/C16H25N3O4S.ClH/c1-13-2-4-14(5-3-13)24(21,22)19-9-8-18-15(20)16(12-17)6-10-23-11-7-16;/h2-5,19H,6-12,17H2,1H3,(H,18,20);1H. The van der Waals surface area contributed by atoms with Crippen molar-refractivity contribution in [3.8, 4) is 0 Å². The molecule has 142 valence electrons. The van der Waals surface area contributed by atoms with Crippen LogP contribution in [0, 0.1) is 12.3 Å². The van der Waals surface area contributed by atoms with Crippen LogP contribution in [-0.4, -0.2) is 47.2 Å². The van der Waals surface area contributed by atoms with Gasteiger partial charge in [-0.2, -0.15) is 0 Å². The monoisotopic (exact) mass is 391 g/mol. The molecule has 1 amide bonds. The molecule has 25 heavy (non-hydrogen) atoms. The summed E-state index contributed by atoms with van der Waals surface area (Å²) in [6.45, 7) is 3.53. The molecule has 1 aliphatic heterocycles. The third-order valence-electron chi connectivity index (χ3n) is 4.36. The first-order valence-electron chi connectivity index (χ1n) is 8.02. The number of halogens is 1. The largest absolute Gasteiger partial charge is 0.381 e. The van der Waals surface area contributed by atoms with Gasteiger partial charge in [0.2, 0.25) is 15.9 Å². The van der Waals surface area contributed by atoms with Crippen molar-refractivity contribution in [2.45, 2.75) is 24.7 Å². The van der Waals surface area contributed by atoms with E-state index in [1.165, 1.54) is 0 Å². The summed E-state index contributed by atoms with van der Waals surface area (Å²) in [6.07, 6.45) is 1.18. The van der Waals surface area contributed by atoms with Crippen LogP contribution in [0.25, 0.3) is 0 Å². The van der Waals surface area contributed by atoms with Crippen LogP contribution in [0.3, 0.4) is 0 Å². The van der Waals surface area contributed by atoms with Crippen LogP contribution >= 0.6 is 12.4 Å². The highest BCUT2D eigenvalue weighted by Crippen LogP contribution is 2.29. The molecular weight excluding hydrogens is 366 g/mol. The Morgan fingerprint density at radius 2 is 1.80 bits per heavy atom. The summed E-state index contributed by atoms with van der Waals surface area (Å²) < 4.78 is 32.1. The van der Waals surface area contributed by atoms with E-state index in [0.29, 0.717) is 26.1 Å². The van der Waals surface area contributed by atoms with Gasteiger partial charge in [-0.3, -0.25) is 4.79 Å². The second-order valence-corrected chi connectivity index (χ2v) is 7.83. The topological polar surface area (TPSA) is 111 Å². The van der Waals surface area contributed by atoms with Gasteiger partial charge < -0.3 is 15.8 Å². The highest BCUT2D eigenvalue weighted by molar-refractivity contribution is 7.89. The van der Waals surface area contributed by atoms with Crippen LogP contribution < -0.4 is 15.8 Å². The van der Waals surface area contributed by atoms with Gasteiger partial charge in [-0.15, -0.1) is 12.4 Å². The smallest absolute Gasteiger partial charge is 0.240 e. The maximum atomic E-state index is 12.4. The Labute approximate surface area is 155 Å². The summed E-state index contributed by atoms with van der Waals surface area (Å²) in [6, 6.07) is 6.60. The molecule has 0 atom stereocenters. The van der Waals surface area contributed by atoms with E-state index in [2.05, 4.69) is 10.0 Å². The fraction of sp³-hybridized carbons (Fsp3) is 0.562. The van der Waals surface area contributed by atoms with E-state index in [4.69, 9.17) is 10.5 Å². The van der Waals surface area contributed by atoms with Gasteiger partial charge in [0, 0.05) is 32.8 Å². The lowest BCUT2D eigenvalue weighted by Gasteiger charge is -2.34. The number of sulfonamides is 1. The summed E-state index contributed by atoms with van der Waals surface area (Å²) in [5.74, 6) is -0.136. The molecule has 0 unspecified atom stereocenters. The number of nitrogens with two attached hydrogens (primary N) is 1. The molecule has 2 rings (SSSR count). The van der Waals surface area contributed by atoms with Gasteiger partial charge in [0.25, 0.3) is 0 Å². The van der Waals surface area contributed by atoms with Crippen LogP contribution in [0.15, 0.2) is 29.2 Å². The molecule has 0 aromatic heterocycles. The molecule has 1 aromatic rings. The lowest BCUT2D eigenvalue weighted by Crippen LogP contribution is -2.50. The van der Waals surface area contributed by atoms with Crippen LogP contribution in [0.4, 0.5) is 0 Å². The van der Waals surface area contributed by atoms with Crippen molar-refractivity contribution < 1.29 is 17.9 Å². The number of rotatable bonds is 7. The molecule has 0 bridgehead atoms. The molecule has 9 heteroatoms. The van der Waals surface area contributed by atoms with Crippen molar-refractivity contribution in [2.75, 3.05) is 32.8 Å². The van der Waals surface area contributed by atoms with Gasteiger partial charge in [0.1, 0.15) is 0 Å². The molecule has 1 aromatic carbocycles. The van der Waals surface area contributed by atoms with Gasteiger partial charge in [-0.1, -0.05) is 17.7 Å². The fourth-order valence-electron chi connectivity index (χ4n) is 2.64. The van der Waals surface area contributed by atoms with Gasteiger partial charge >= 0.3 is 0 Å². The quantitative estimate of drug-likeness (QED) is 0.588. The molecule has 1 aliphatic rings. The average molecular weight is 392 g/mol. The van der Waals surface area contributed by atoms with Gasteiger partial charge in [0.05, 0.1) is 10.3 Å². The van der Waals surface area contributed by atoms with E-state index in [9.17, 15) is 13.2 Å². The summed E-state index contributed by atoms with van der Waals surface area (Å²) in [4.78, 5) is 12.6. The van der Waals surface area contributed by atoms with E-state index >= 15 is 0 Å². The van der Waals surface area contributed by atoms with Crippen molar-refractivity contribution in [2.24, 2.45) is 11.1 Å². The summed E-state index contributed by atoms with van der Waals surface area (Å²) in [7, 11) is -3.57. The van der Waals surface area contributed by atoms with Gasteiger partial charge in [0.15, 0.2) is 0 Å². The minimum atomic E-state index is -3.57. The molecule has 0 saturated carbocycles. The Balaban J connectivity index is 0.00000312. The fourth-order valence-corrected chi connectivity index (χ4v) is 3.67. The van der Waals surface area contributed by atoms with Crippen LogP contribution in [0.2, 0.25) is 0 Å². The zero-order valence-electron chi connectivity index (χ0n) is 14.3. The predicted molar refractivity (Wildman–Crippen MR) is 98.2 cm³/mol. The molecule has 1 fully saturated rings. The normalized spacial score (nSPS) is 16.7. The molecule has 4 N–H and O–H groups in total. The van der Waals surface area contributed by atoms with Crippen molar-refractivity contribution in [3.63, 3.8) is 0 Å². The Bertz CT molecular complexity index is 658. The Morgan fingerprint density at radius 3 is 2.36 bits per heavy atom. The number of ether oxygens (including phenoxy) is 1. The zero-order chi connectivity index (χ0) is 17.6. The number of hydrogen-bond acceptors (Lipinski definition) is 5. The Kier molecular flexibility index (Phi) is 8.30. The Morgan fingerprint density at radius 1 is 1.20 bits per heavy atom. The minimum Gasteiger partial charge on any atom is -0.381 e. The van der Waals surface area contributed by atoms with Crippen molar-refractivity contribution >= 4 is 28.3 Å². The molecular formula is C16H26ClN3O4S. The lowest BCUT2D eigenvalue weighted by molar-refractivity contribution is -0.135. The summed E-state index contributed by atoms with van der Waals surface area (Å²) in [5.41, 5.74) is 6.16. The molecule has 0 radical (unpaired) electrons. The minimum absolute atomic E-state index is 0. The third-order valence-corrected chi connectivity index (χ3v) is 5.83. The second kappa shape index (κ2) is 9.49. The average Bonchev–Trinajstić information content (AvgIpc) is 2.59. The maximum Gasteiger partial charge on any atom is 0.240 e.